The normalized spacial score (nSPS) is 22.6. The zero-order valence-electron chi connectivity index (χ0n) is 17.0. The Morgan fingerprint density at radius 1 is 1.24 bits per heavy atom. The average Bonchev–Trinajstić information content (AvgIpc) is 3.55. The third-order valence-corrected chi connectivity index (χ3v) is 6.02. The van der Waals surface area contributed by atoms with E-state index in [4.69, 9.17) is 0 Å². The van der Waals surface area contributed by atoms with Crippen LogP contribution >= 0.6 is 0 Å². The molecule has 29 heavy (non-hydrogen) atoms. The van der Waals surface area contributed by atoms with Crippen molar-refractivity contribution in [2.24, 2.45) is 5.92 Å². The van der Waals surface area contributed by atoms with E-state index in [0.717, 1.165) is 31.2 Å². The number of amides is 3. The molecule has 1 aromatic heterocycles. The standard InChI is InChI=1S/C23H28N4O2/c1-3-5-20(17-6-4-13-24-15-17)25-14-16-7-11-19(12-8-16)27-21(28)23(2,18-9-10-18)26-22(27)29/h4,6-8,11-13,15,18,20,25H,3,5,9-10,14H2,1-2H3,(H,26,29). The molecule has 2 aromatic rings. The van der Waals surface area contributed by atoms with Crippen LogP contribution in [0.2, 0.25) is 0 Å². The Morgan fingerprint density at radius 2 is 2.00 bits per heavy atom. The van der Waals surface area contributed by atoms with Gasteiger partial charge in [-0.1, -0.05) is 31.5 Å². The summed E-state index contributed by atoms with van der Waals surface area (Å²) in [6.07, 6.45) is 7.80. The van der Waals surface area contributed by atoms with Crippen molar-refractivity contribution in [3.05, 3.63) is 59.9 Å². The number of benzene rings is 1. The molecule has 1 aliphatic carbocycles. The molecule has 3 amide bonds. The molecule has 1 saturated heterocycles. The second kappa shape index (κ2) is 7.95. The number of carbonyl (C=O) groups excluding carboxylic acids is 2. The summed E-state index contributed by atoms with van der Waals surface area (Å²) < 4.78 is 0. The van der Waals surface area contributed by atoms with E-state index in [1.54, 1.807) is 6.20 Å². The van der Waals surface area contributed by atoms with Crippen molar-refractivity contribution in [1.82, 2.24) is 15.6 Å². The van der Waals surface area contributed by atoms with Crippen molar-refractivity contribution in [2.45, 2.75) is 57.7 Å². The molecule has 2 atom stereocenters. The van der Waals surface area contributed by atoms with Crippen molar-refractivity contribution in [3.63, 3.8) is 0 Å². The summed E-state index contributed by atoms with van der Waals surface area (Å²) in [5, 5.41) is 6.49. The number of rotatable bonds is 8. The van der Waals surface area contributed by atoms with Crippen molar-refractivity contribution in [3.8, 4) is 0 Å². The highest BCUT2D eigenvalue weighted by molar-refractivity contribution is 6.23. The largest absolute Gasteiger partial charge is 0.329 e. The number of aromatic nitrogens is 1. The van der Waals surface area contributed by atoms with Gasteiger partial charge in [0.15, 0.2) is 0 Å². The van der Waals surface area contributed by atoms with Crippen molar-refractivity contribution in [2.75, 3.05) is 4.90 Å². The lowest BCUT2D eigenvalue weighted by molar-refractivity contribution is -0.122. The lowest BCUT2D eigenvalue weighted by Gasteiger charge is -2.21. The Balaban J connectivity index is 1.43. The maximum absolute atomic E-state index is 12.9. The first-order valence-electron chi connectivity index (χ1n) is 10.4. The van der Waals surface area contributed by atoms with Crippen molar-refractivity contribution in [1.29, 1.82) is 0 Å². The highest BCUT2D eigenvalue weighted by Crippen LogP contribution is 2.43. The fourth-order valence-electron chi connectivity index (χ4n) is 4.09. The van der Waals surface area contributed by atoms with Crippen LogP contribution in [0.3, 0.4) is 0 Å². The monoisotopic (exact) mass is 392 g/mol. The number of nitrogens with one attached hydrogen (secondary N) is 2. The SMILES string of the molecule is CCCC(NCc1ccc(N2C(=O)NC(C)(C3CC3)C2=O)cc1)c1cccnc1. The summed E-state index contributed by atoms with van der Waals surface area (Å²) >= 11 is 0. The quantitative estimate of drug-likeness (QED) is 0.668. The van der Waals surface area contributed by atoms with Gasteiger partial charge in [0.2, 0.25) is 0 Å². The van der Waals surface area contributed by atoms with Crippen LogP contribution < -0.4 is 15.5 Å². The molecule has 0 radical (unpaired) electrons. The first kappa shape index (κ1) is 19.6. The van der Waals surface area contributed by atoms with E-state index < -0.39 is 5.54 Å². The Hall–Kier alpha value is -2.73. The summed E-state index contributed by atoms with van der Waals surface area (Å²) in [5.41, 5.74) is 2.16. The number of urea groups is 1. The highest BCUT2D eigenvalue weighted by atomic mass is 16.2. The molecule has 1 aliphatic heterocycles. The van der Waals surface area contributed by atoms with Crippen molar-refractivity contribution < 1.29 is 9.59 Å². The zero-order chi connectivity index (χ0) is 20.4. The molecule has 0 bridgehead atoms. The van der Waals surface area contributed by atoms with Crippen LogP contribution in [0.15, 0.2) is 48.8 Å². The predicted octanol–water partition coefficient (Wildman–Crippen LogP) is 3.94. The van der Waals surface area contributed by atoms with E-state index in [2.05, 4.69) is 28.6 Å². The molecule has 2 N–H and O–H groups in total. The molecular formula is C23H28N4O2. The van der Waals surface area contributed by atoms with Crippen molar-refractivity contribution >= 4 is 17.6 Å². The fraction of sp³-hybridized carbons (Fsp3) is 0.435. The minimum Gasteiger partial charge on any atom is -0.323 e. The van der Waals surface area contributed by atoms with Crippen LogP contribution in [0.1, 0.15) is 56.7 Å². The first-order chi connectivity index (χ1) is 14.0. The smallest absolute Gasteiger partial charge is 0.323 e. The number of anilines is 1. The van der Waals surface area contributed by atoms with Gasteiger partial charge in [0.05, 0.1) is 5.69 Å². The Bertz CT molecular complexity index is 880. The maximum atomic E-state index is 12.9. The summed E-state index contributed by atoms with van der Waals surface area (Å²) in [5.74, 6) is 0.117. The minimum atomic E-state index is -0.756. The second-order valence-electron chi connectivity index (χ2n) is 8.22. The number of imide groups is 1. The zero-order valence-corrected chi connectivity index (χ0v) is 17.0. The summed E-state index contributed by atoms with van der Waals surface area (Å²) in [6, 6.07) is 11.6. The lowest BCUT2D eigenvalue weighted by Crippen LogP contribution is -2.46. The van der Waals surface area contributed by atoms with Gasteiger partial charge in [-0.05, 0) is 61.4 Å². The van der Waals surface area contributed by atoms with Crippen LogP contribution in [0, 0.1) is 5.92 Å². The summed E-state index contributed by atoms with van der Waals surface area (Å²) in [7, 11) is 0. The number of carbonyl (C=O) groups is 2. The summed E-state index contributed by atoms with van der Waals surface area (Å²) in [4.78, 5) is 30.8. The molecule has 1 aromatic carbocycles. The lowest BCUT2D eigenvalue weighted by atomic mass is 9.96. The van der Waals surface area contributed by atoms with Gasteiger partial charge in [0.1, 0.15) is 5.54 Å². The Kier molecular flexibility index (Phi) is 5.37. The molecule has 4 rings (SSSR count). The van der Waals surface area contributed by atoms with Gasteiger partial charge < -0.3 is 10.6 Å². The average molecular weight is 393 g/mol. The number of hydrogen-bond acceptors (Lipinski definition) is 4. The molecule has 2 heterocycles. The molecule has 6 heteroatoms. The van der Waals surface area contributed by atoms with Crippen LogP contribution in [0.5, 0.6) is 0 Å². The third-order valence-electron chi connectivity index (χ3n) is 6.02. The molecule has 2 unspecified atom stereocenters. The predicted molar refractivity (Wildman–Crippen MR) is 112 cm³/mol. The van der Waals surface area contributed by atoms with Gasteiger partial charge in [-0.3, -0.25) is 9.78 Å². The van der Waals surface area contributed by atoms with Gasteiger partial charge >= 0.3 is 6.03 Å². The van der Waals surface area contributed by atoms with Crippen LogP contribution in [-0.2, 0) is 11.3 Å². The number of nitrogens with zero attached hydrogens (tertiary/aromatic N) is 2. The van der Waals surface area contributed by atoms with Gasteiger partial charge in [-0.15, -0.1) is 0 Å². The minimum absolute atomic E-state index is 0.143. The maximum Gasteiger partial charge on any atom is 0.329 e. The fourth-order valence-corrected chi connectivity index (χ4v) is 4.09. The van der Waals surface area contributed by atoms with E-state index in [-0.39, 0.29) is 23.9 Å². The molecule has 152 valence electrons. The molecule has 6 nitrogen and oxygen atoms in total. The molecule has 2 aliphatic rings. The molecule has 2 fully saturated rings. The summed E-state index contributed by atoms with van der Waals surface area (Å²) in [6.45, 7) is 4.72. The number of pyridine rings is 1. The van der Waals surface area contributed by atoms with Crippen LogP contribution in [0.4, 0.5) is 10.5 Å². The van der Waals surface area contributed by atoms with E-state index in [1.165, 1.54) is 10.5 Å². The van der Waals surface area contributed by atoms with Gasteiger partial charge in [-0.2, -0.15) is 0 Å². The Labute approximate surface area is 171 Å². The Morgan fingerprint density at radius 3 is 2.62 bits per heavy atom. The third kappa shape index (κ3) is 3.90. The van der Waals surface area contributed by atoms with Crippen LogP contribution in [-0.4, -0.2) is 22.5 Å². The van der Waals surface area contributed by atoms with Gasteiger partial charge in [0, 0.05) is 25.0 Å². The van der Waals surface area contributed by atoms with E-state index >= 15 is 0 Å². The molecular weight excluding hydrogens is 364 g/mol. The van der Waals surface area contributed by atoms with Gasteiger partial charge in [0.25, 0.3) is 5.91 Å². The van der Waals surface area contributed by atoms with E-state index in [0.29, 0.717) is 12.2 Å². The van der Waals surface area contributed by atoms with E-state index in [9.17, 15) is 9.59 Å². The van der Waals surface area contributed by atoms with E-state index in [1.807, 2.05) is 43.5 Å². The highest BCUT2D eigenvalue weighted by Gasteiger charge is 2.56. The second-order valence-corrected chi connectivity index (χ2v) is 8.22. The molecule has 1 saturated carbocycles. The first-order valence-corrected chi connectivity index (χ1v) is 10.4. The van der Waals surface area contributed by atoms with Crippen LogP contribution in [0.25, 0.3) is 0 Å². The topological polar surface area (TPSA) is 74.3 Å². The molecule has 0 spiro atoms. The van der Waals surface area contributed by atoms with Gasteiger partial charge in [-0.25, -0.2) is 9.69 Å². The number of hydrogen-bond donors (Lipinski definition) is 2.